The summed E-state index contributed by atoms with van der Waals surface area (Å²) in [5.74, 6) is -2.00. The van der Waals surface area contributed by atoms with E-state index in [1.807, 2.05) is 0 Å². The fourth-order valence-electron chi connectivity index (χ4n) is 0.873. The van der Waals surface area contributed by atoms with Crippen molar-refractivity contribution < 1.29 is 39.3 Å². The van der Waals surface area contributed by atoms with Gasteiger partial charge >= 0.3 is 19.5 Å². The van der Waals surface area contributed by atoms with Crippen molar-refractivity contribution in [3.63, 3.8) is 0 Å². The summed E-state index contributed by atoms with van der Waals surface area (Å²) in [6.07, 6.45) is 5.61. The fraction of sp³-hybridized carbons (Fsp3) is 0.800. The molecule has 0 bridgehead atoms. The molecule has 5 heteroatoms. The van der Waals surface area contributed by atoms with Gasteiger partial charge in [0.25, 0.3) is 0 Å². The minimum atomic E-state index is -1.08. The summed E-state index contributed by atoms with van der Waals surface area (Å²) >= 11 is 0. The first-order chi connectivity index (χ1) is 6.50. The molecular formula is C10H18O4Rh. The topological polar surface area (TPSA) is 80.3 Å². The third-order valence-electron chi connectivity index (χ3n) is 1.48. The fourth-order valence-corrected chi connectivity index (χ4v) is 0.873. The van der Waals surface area contributed by atoms with Gasteiger partial charge in [-0.15, -0.1) is 0 Å². The van der Waals surface area contributed by atoms with Gasteiger partial charge in [-0.2, -0.15) is 0 Å². The molecule has 0 fully saturated rings. The molecule has 0 spiro atoms. The van der Waals surface area contributed by atoms with E-state index >= 15 is 0 Å². The van der Waals surface area contributed by atoms with Crippen LogP contribution in [0.4, 0.5) is 0 Å². The van der Waals surface area contributed by atoms with Crippen molar-refractivity contribution in [2.75, 3.05) is 0 Å². The van der Waals surface area contributed by atoms with Crippen LogP contribution in [-0.4, -0.2) is 11.9 Å². The van der Waals surface area contributed by atoms with E-state index in [-0.39, 0.29) is 25.9 Å². The van der Waals surface area contributed by atoms with Crippen molar-refractivity contribution in [2.24, 2.45) is 0 Å². The number of unbranched alkanes of at least 4 members (excludes halogenated alkanes) is 4. The summed E-state index contributed by atoms with van der Waals surface area (Å²) < 4.78 is 0. The standard InChI is InChI=1S/C8H16O2.C2H4O2.Rh/c1-2-3-4-5-6-7-8(9)10;1-2(3)4;/h2-7H2,1H3,(H,9,10);1H3,(H,3,4);/q;;+2/p-2. The quantitative estimate of drug-likeness (QED) is 0.505. The summed E-state index contributed by atoms with van der Waals surface area (Å²) in [5, 5.41) is 18.8. The number of hydrogen-bond donors (Lipinski definition) is 0. The van der Waals surface area contributed by atoms with Crippen molar-refractivity contribution in [3.05, 3.63) is 0 Å². The first kappa shape index (κ1) is 20.0. The van der Waals surface area contributed by atoms with Gasteiger partial charge in [-0.1, -0.05) is 32.6 Å². The molecule has 0 rings (SSSR count). The minimum Gasteiger partial charge on any atom is -0.550 e. The van der Waals surface area contributed by atoms with Gasteiger partial charge in [0, 0.05) is 11.9 Å². The Labute approximate surface area is 104 Å². The summed E-state index contributed by atoms with van der Waals surface area (Å²) in [6.45, 7) is 3.11. The zero-order chi connectivity index (χ0) is 11.4. The summed E-state index contributed by atoms with van der Waals surface area (Å²) in [7, 11) is 0. The molecule has 0 unspecified atom stereocenters. The van der Waals surface area contributed by atoms with Gasteiger partial charge in [0.15, 0.2) is 0 Å². The Bertz CT molecular complexity index is 156. The minimum absolute atomic E-state index is 0. The second-order valence-corrected chi connectivity index (χ2v) is 3.03. The van der Waals surface area contributed by atoms with E-state index in [9.17, 15) is 9.90 Å². The normalized spacial score (nSPS) is 8.13. The molecule has 0 aromatic heterocycles. The third kappa shape index (κ3) is 42.1. The van der Waals surface area contributed by atoms with Crippen LogP contribution in [0.15, 0.2) is 0 Å². The largest absolute Gasteiger partial charge is 2.00 e. The predicted molar refractivity (Wildman–Crippen MR) is 49.1 cm³/mol. The molecule has 0 saturated carbocycles. The first-order valence-corrected chi connectivity index (χ1v) is 4.88. The van der Waals surface area contributed by atoms with E-state index in [1.54, 1.807) is 0 Å². The Hall–Kier alpha value is -0.437. The van der Waals surface area contributed by atoms with Crippen molar-refractivity contribution in [1.29, 1.82) is 0 Å². The van der Waals surface area contributed by atoms with Gasteiger partial charge in [0.1, 0.15) is 0 Å². The molecule has 0 heterocycles. The number of rotatable bonds is 6. The molecule has 0 aromatic rings. The van der Waals surface area contributed by atoms with Gasteiger partial charge in [-0.3, -0.25) is 0 Å². The van der Waals surface area contributed by atoms with Crippen LogP contribution >= 0.6 is 0 Å². The molecule has 0 aliphatic heterocycles. The zero-order valence-corrected chi connectivity index (χ0v) is 10.8. The van der Waals surface area contributed by atoms with E-state index < -0.39 is 11.9 Å². The summed E-state index contributed by atoms with van der Waals surface area (Å²) in [5.41, 5.74) is 0. The summed E-state index contributed by atoms with van der Waals surface area (Å²) in [6, 6.07) is 0. The Morgan fingerprint density at radius 3 is 1.73 bits per heavy atom. The zero-order valence-electron chi connectivity index (χ0n) is 9.21. The number of carboxylic acids is 2. The molecule has 0 aliphatic rings. The maximum atomic E-state index is 9.92. The average molecular weight is 305 g/mol. The molecule has 91 valence electrons. The van der Waals surface area contributed by atoms with Crippen LogP contribution in [0.25, 0.3) is 0 Å². The Kier molecular flexibility index (Phi) is 21.4. The van der Waals surface area contributed by atoms with E-state index in [0.717, 1.165) is 26.2 Å². The Morgan fingerprint density at radius 2 is 1.40 bits per heavy atom. The number of hydrogen-bond acceptors (Lipinski definition) is 4. The van der Waals surface area contributed by atoms with Gasteiger partial charge < -0.3 is 19.8 Å². The molecule has 0 atom stereocenters. The molecular weight excluding hydrogens is 287 g/mol. The summed E-state index contributed by atoms with van der Waals surface area (Å²) in [4.78, 5) is 18.8. The van der Waals surface area contributed by atoms with Crippen molar-refractivity contribution in [2.45, 2.75) is 52.4 Å². The first-order valence-electron chi connectivity index (χ1n) is 4.88. The molecule has 0 amide bonds. The van der Waals surface area contributed by atoms with Crippen LogP contribution in [0.5, 0.6) is 0 Å². The maximum absolute atomic E-state index is 9.92. The van der Waals surface area contributed by atoms with Crippen LogP contribution in [0, 0.1) is 0 Å². The van der Waals surface area contributed by atoms with Crippen LogP contribution in [0.3, 0.4) is 0 Å². The van der Waals surface area contributed by atoms with E-state index in [4.69, 9.17) is 9.90 Å². The molecule has 0 N–H and O–H groups in total. The van der Waals surface area contributed by atoms with E-state index in [0.29, 0.717) is 0 Å². The second kappa shape index (κ2) is 16.0. The number of carbonyl (C=O) groups excluding carboxylic acids is 2. The molecule has 0 saturated heterocycles. The average Bonchev–Trinajstić information content (AvgIpc) is 2.02. The van der Waals surface area contributed by atoms with E-state index in [1.165, 1.54) is 12.8 Å². The number of aliphatic carboxylic acids is 2. The van der Waals surface area contributed by atoms with Gasteiger partial charge in [-0.25, -0.2) is 0 Å². The van der Waals surface area contributed by atoms with Gasteiger partial charge in [-0.05, 0) is 19.8 Å². The van der Waals surface area contributed by atoms with E-state index in [2.05, 4.69) is 6.92 Å². The monoisotopic (exact) mass is 305 g/mol. The molecule has 4 nitrogen and oxygen atoms in total. The second-order valence-electron chi connectivity index (χ2n) is 3.03. The predicted octanol–water partition coefficient (Wildman–Crippen LogP) is -0.150. The van der Waals surface area contributed by atoms with Crippen molar-refractivity contribution in [1.82, 2.24) is 0 Å². The van der Waals surface area contributed by atoms with Crippen molar-refractivity contribution >= 4 is 11.9 Å². The molecule has 0 aliphatic carbocycles. The van der Waals surface area contributed by atoms with Crippen LogP contribution in [0.1, 0.15) is 52.4 Å². The Balaban J connectivity index is -0.000000249. The van der Waals surface area contributed by atoms with Gasteiger partial charge in [0.05, 0.1) is 0 Å². The van der Waals surface area contributed by atoms with Crippen LogP contribution < -0.4 is 10.2 Å². The number of carboxylic acid groups (broad SMARTS) is 2. The third-order valence-corrected chi connectivity index (χ3v) is 1.48. The van der Waals surface area contributed by atoms with Crippen LogP contribution in [-0.2, 0) is 29.1 Å². The molecule has 1 radical (unpaired) electrons. The SMILES string of the molecule is CC(=O)[O-].CCCCCCCC(=O)[O-].[Rh+2]. The smallest absolute Gasteiger partial charge is 0.550 e. The maximum Gasteiger partial charge on any atom is 2.00 e. The molecule has 15 heavy (non-hydrogen) atoms. The van der Waals surface area contributed by atoms with Crippen molar-refractivity contribution in [3.8, 4) is 0 Å². The van der Waals surface area contributed by atoms with Crippen LogP contribution in [0.2, 0.25) is 0 Å². The Morgan fingerprint density at radius 1 is 1.00 bits per heavy atom. The number of carbonyl (C=O) groups is 2. The van der Waals surface area contributed by atoms with Gasteiger partial charge in [0.2, 0.25) is 0 Å². The molecule has 0 aromatic carbocycles.